The van der Waals surface area contributed by atoms with Gasteiger partial charge in [-0.15, -0.1) is 0 Å². The van der Waals surface area contributed by atoms with Crippen molar-refractivity contribution >= 4 is 34.2 Å². The number of halogens is 1. The lowest BCUT2D eigenvalue weighted by Gasteiger charge is -2.21. The molecule has 0 bridgehead atoms. The third kappa shape index (κ3) is 3.12. The van der Waals surface area contributed by atoms with Gasteiger partial charge in [-0.25, -0.2) is 0 Å². The molecule has 4 heteroatoms. The SMILES string of the molecule is Nc1cc(I)ccc1C(=O)N1CCCCCC1. The maximum atomic E-state index is 12.3. The van der Waals surface area contributed by atoms with Gasteiger partial charge in [-0.1, -0.05) is 12.8 Å². The Balaban J connectivity index is 2.17. The van der Waals surface area contributed by atoms with Gasteiger partial charge in [0.05, 0.1) is 5.56 Å². The first-order valence-electron chi connectivity index (χ1n) is 6.03. The number of carbonyl (C=O) groups excluding carboxylic acids is 1. The summed E-state index contributed by atoms with van der Waals surface area (Å²) in [5, 5.41) is 0. The van der Waals surface area contributed by atoms with E-state index >= 15 is 0 Å². The monoisotopic (exact) mass is 344 g/mol. The fraction of sp³-hybridized carbons (Fsp3) is 0.462. The molecule has 1 aromatic carbocycles. The van der Waals surface area contributed by atoms with Gasteiger partial charge < -0.3 is 10.6 Å². The molecule has 3 nitrogen and oxygen atoms in total. The Kier molecular flexibility index (Phi) is 4.25. The number of hydrogen-bond donors (Lipinski definition) is 1. The van der Waals surface area contributed by atoms with Crippen LogP contribution in [0.2, 0.25) is 0 Å². The molecule has 1 heterocycles. The van der Waals surface area contributed by atoms with E-state index in [-0.39, 0.29) is 5.91 Å². The van der Waals surface area contributed by atoms with Gasteiger partial charge in [-0.2, -0.15) is 0 Å². The van der Waals surface area contributed by atoms with Crippen molar-refractivity contribution in [3.63, 3.8) is 0 Å². The minimum Gasteiger partial charge on any atom is -0.398 e. The lowest BCUT2D eigenvalue weighted by molar-refractivity contribution is 0.0762. The third-order valence-electron chi connectivity index (χ3n) is 3.14. The molecule has 1 fully saturated rings. The van der Waals surface area contributed by atoms with Crippen molar-refractivity contribution in [2.75, 3.05) is 18.8 Å². The Morgan fingerprint density at radius 2 is 1.82 bits per heavy atom. The van der Waals surface area contributed by atoms with E-state index in [4.69, 9.17) is 5.73 Å². The first-order chi connectivity index (χ1) is 8.18. The Morgan fingerprint density at radius 3 is 2.41 bits per heavy atom. The second-order valence-electron chi connectivity index (χ2n) is 4.44. The van der Waals surface area contributed by atoms with Gasteiger partial charge in [0, 0.05) is 22.3 Å². The van der Waals surface area contributed by atoms with Gasteiger partial charge in [0.1, 0.15) is 0 Å². The molecule has 1 aliphatic heterocycles. The highest BCUT2D eigenvalue weighted by Gasteiger charge is 2.19. The van der Waals surface area contributed by atoms with Crippen LogP contribution in [0.25, 0.3) is 0 Å². The predicted octanol–water partition coefficient (Wildman–Crippen LogP) is 2.89. The van der Waals surface area contributed by atoms with Crippen LogP contribution in [0, 0.1) is 3.57 Å². The van der Waals surface area contributed by atoms with E-state index in [0.29, 0.717) is 11.3 Å². The molecule has 17 heavy (non-hydrogen) atoms. The lowest BCUT2D eigenvalue weighted by Crippen LogP contribution is -2.32. The molecule has 0 atom stereocenters. The second kappa shape index (κ2) is 5.71. The molecule has 0 radical (unpaired) electrons. The van der Waals surface area contributed by atoms with Crippen LogP contribution in [0.1, 0.15) is 36.0 Å². The van der Waals surface area contributed by atoms with Crippen molar-refractivity contribution in [1.82, 2.24) is 4.90 Å². The van der Waals surface area contributed by atoms with Crippen LogP contribution in [0.3, 0.4) is 0 Å². The molecule has 0 saturated carbocycles. The number of benzene rings is 1. The zero-order valence-electron chi connectivity index (χ0n) is 9.79. The standard InChI is InChI=1S/C13H17IN2O/c14-10-5-6-11(12(15)9-10)13(17)16-7-3-1-2-4-8-16/h5-6,9H,1-4,7-8,15H2. The number of nitrogen functional groups attached to an aromatic ring is 1. The molecule has 1 saturated heterocycles. The number of carbonyl (C=O) groups is 1. The topological polar surface area (TPSA) is 46.3 Å². The van der Waals surface area contributed by atoms with Crippen molar-refractivity contribution in [1.29, 1.82) is 0 Å². The molecule has 1 aromatic rings. The number of nitrogens with two attached hydrogens (primary N) is 1. The highest BCUT2D eigenvalue weighted by Crippen LogP contribution is 2.19. The van der Waals surface area contributed by atoms with E-state index in [1.807, 2.05) is 23.1 Å². The minimum absolute atomic E-state index is 0.0841. The number of likely N-dealkylation sites (tertiary alicyclic amines) is 1. The molecular weight excluding hydrogens is 327 g/mol. The molecule has 1 aliphatic rings. The van der Waals surface area contributed by atoms with E-state index < -0.39 is 0 Å². The Bertz CT molecular complexity index is 412. The van der Waals surface area contributed by atoms with Gasteiger partial charge in [0.2, 0.25) is 0 Å². The number of anilines is 1. The summed E-state index contributed by atoms with van der Waals surface area (Å²) in [4.78, 5) is 14.3. The molecule has 2 rings (SSSR count). The molecule has 0 aliphatic carbocycles. The first-order valence-corrected chi connectivity index (χ1v) is 7.10. The van der Waals surface area contributed by atoms with Gasteiger partial charge in [0.15, 0.2) is 0 Å². The van der Waals surface area contributed by atoms with Gasteiger partial charge in [0.25, 0.3) is 5.91 Å². The smallest absolute Gasteiger partial charge is 0.255 e. The van der Waals surface area contributed by atoms with E-state index in [2.05, 4.69) is 22.6 Å². The van der Waals surface area contributed by atoms with Crippen molar-refractivity contribution in [2.24, 2.45) is 0 Å². The second-order valence-corrected chi connectivity index (χ2v) is 5.68. The maximum absolute atomic E-state index is 12.3. The Morgan fingerprint density at radius 1 is 1.18 bits per heavy atom. The highest BCUT2D eigenvalue weighted by atomic mass is 127. The van der Waals surface area contributed by atoms with Crippen LogP contribution in [0.4, 0.5) is 5.69 Å². The summed E-state index contributed by atoms with van der Waals surface area (Å²) in [5.41, 5.74) is 7.15. The fourth-order valence-corrected chi connectivity index (χ4v) is 2.69. The molecule has 1 amide bonds. The van der Waals surface area contributed by atoms with Crippen LogP contribution in [-0.2, 0) is 0 Å². The van der Waals surface area contributed by atoms with Crippen LogP contribution < -0.4 is 5.73 Å². The van der Waals surface area contributed by atoms with E-state index in [9.17, 15) is 4.79 Å². The van der Waals surface area contributed by atoms with Gasteiger partial charge in [-0.05, 0) is 53.6 Å². The molecule has 2 N–H and O–H groups in total. The summed E-state index contributed by atoms with van der Waals surface area (Å²) in [6.07, 6.45) is 4.67. The molecule has 0 aromatic heterocycles. The Labute approximate surface area is 116 Å². The number of rotatable bonds is 1. The third-order valence-corrected chi connectivity index (χ3v) is 3.81. The molecule has 0 spiro atoms. The average Bonchev–Trinajstić information content (AvgIpc) is 2.56. The number of nitrogens with zero attached hydrogens (tertiary/aromatic N) is 1. The maximum Gasteiger partial charge on any atom is 0.255 e. The van der Waals surface area contributed by atoms with Crippen molar-refractivity contribution in [2.45, 2.75) is 25.7 Å². The van der Waals surface area contributed by atoms with E-state index in [1.165, 1.54) is 12.8 Å². The van der Waals surface area contributed by atoms with Crippen molar-refractivity contribution in [3.8, 4) is 0 Å². The van der Waals surface area contributed by atoms with Crippen LogP contribution >= 0.6 is 22.6 Å². The summed E-state index contributed by atoms with van der Waals surface area (Å²) >= 11 is 2.20. The average molecular weight is 344 g/mol. The number of amides is 1. The Hall–Kier alpha value is -0.780. The van der Waals surface area contributed by atoms with Gasteiger partial charge >= 0.3 is 0 Å². The summed E-state index contributed by atoms with van der Waals surface area (Å²) in [7, 11) is 0. The van der Waals surface area contributed by atoms with Crippen LogP contribution in [0.5, 0.6) is 0 Å². The summed E-state index contributed by atoms with van der Waals surface area (Å²) in [6, 6.07) is 5.62. The zero-order chi connectivity index (χ0) is 12.3. The minimum atomic E-state index is 0.0841. The zero-order valence-corrected chi connectivity index (χ0v) is 11.9. The lowest BCUT2D eigenvalue weighted by atomic mass is 10.1. The largest absolute Gasteiger partial charge is 0.398 e. The molecule has 0 unspecified atom stereocenters. The normalized spacial score (nSPS) is 16.6. The van der Waals surface area contributed by atoms with Crippen molar-refractivity contribution in [3.05, 3.63) is 27.3 Å². The highest BCUT2D eigenvalue weighted by molar-refractivity contribution is 14.1. The predicted molar refractivity (Wildman–Crippen MR) is 77.9 cm³/mol. The fourth-order valence-electron chi connectivity index (χ4n) is 2.17. The quantitative estimate of drug-likeness (QED) is 0.629. The van der Waals surface area contributed by atoms with Crippen molar-refractivity contribution < 1.29 is 4.79 Å². The molecular formula is C13H17IN2O. The number of hydrogen-bond acceptors (Lipinski definition) is 2. The summed E-state index contributed by atoms with van der Waals surface area (Å²) < 4.78 is 1.06. The van der Waals surface area contributed by atoms with E-state index in [1.54, 1.807) is 0 Å². The van der Waals surface area contributed by atoms with E-state index in [0.717, 1.165) is 29.5 Å². The molecule has 92 valence electrons. The van der Waals surface area contributed by atoms with Gasteiger partial charge in [-0.3, -0.25) is 4.79 Å². The summed E-state index contributed by atoms with van der Waals surface area (Å²) in [5.74, 6) is 0.0841. The van der Waals surface area contributed by atoms with Crippen LogP contribution in [0.15, 0.2) is 18.2 Å². The first kappa shape index (κ1) is 12.7. The van der Waals surface area contributed by atoms with Crippen LogP contribution in [-0.4, -0.2) is 23.9 Å². The summed E-state index contributed by atoms with van der Waals surface area (Å²) in [6.45, 7) is 1.73.